The largest absolute Gasteiger partial charge is 0.352 e. The molecule has 0 spiro atoms. The molecule has 0 atom stereocenters. The molecule has 2 aromatic heterocycles. The third kappa shape index (κ3) is 4.53. The summed E-state index contributed by atoms with van der Waals surface area (Å²) in [7, 11) is 0. The molecular formula is C28H28FN5OS. The molecule has 0 bridgehead atoms. The lowest BCUT2D eigenvalue weighted by Crippen LogP contribution is -2.50. The van der Waals surface area contributed by atoms with Crippen molar-refractivity contribution in [1.82, 2.24) is 14.9 Å². The van der Waals surface area contributed by atoms with Crippen LogP contribution in [0.3, 0.4) is 0 Å². The summed E-state index contributed by atoms with van der Waals surface area (Å²) in [6.07, 6.45) is 5.32. The molecule has 0 unspecified atom stereocenters. The molecule has 2 aliphatic rings. The molecule has 8 heteroatoms. The van der Waals surface area contributed by atoms with Gasteiger partial charge in [-0.2, -0.15) is 0 Å². The van der Waals surface area contributed by atoms with Crippen LogP contribution in [0, 0.1) is 5.82 Å². The van der Waals surface area contributed by atoms with Crippen molar-refractivity contribution in [1.29, 1.82) is 0 Å². The number of urea groups is 1. The van der Waals surface area contributed by atoms with E-state index >= 15 is 0 Å². The van der Waals surface area contributed by atoms with E-state index in [1.165, 1.54) is 40.3 Å². The van der Waals surface area contributed by atoms with Gasteiger partial charge < -0.3 is 15.1 Å². The lowest BCUT2D eigenvalue weighted by atomic mass is 9.96. The highest BCUT2D eigenvalue weighted by atomic mass is 32.1. The van der Waals surface area contributed by atoms with Gasteiger partial charge in [0.15, 0.2) is 0 Å². The number of rotatable bonds is 4. The molecule has 1 aliphatic heterocycles. The fourth-order valence-electron chi connectivity index (χ4n) is 5.15. The van der Waals surface area contributed by atoms with Gasteiger partial charge in [0.05, 0.1) is 11.1 Å². The first-order valence-electron chi connectivity index (χ1n) is 12.6. The highest BCUT2D eigenvalue weighted by Gasteiger charge is 2.27. The number of para-hydroxylation sites is 1. The Kier molecular flexibility index (Phi) is 6.27. The summed E-state index contributed by atoms with van der Waals surface area (Å²) in [4.78, 5) is 29.5. The van der Waals surface area contributed by atoms with E-state index in [2.05, 4.69) is 22.3 Å². The Morgan fingerprint density at radius 1 is 0.944 bits per heavy atom. The van der Waals surface area contributed by atoms with Gasteiger partial charge in [-0.15, -0.1) is 11.3 Å². The Balaban J connectivity index is 1.26. The zero-order valence-electron chi connectivity index (χ0n) is 20.0. The second-order valence-electron chi connectivity index (χ2n) is 9.40. The van der Waals surface area contributed by atoms with E-state index in [4.69, 9.17) is 9.97 Å². The molecule has 2 aromatic carbocycles. The fourth-order valence-corrected chi connectivity index (χ4v) is 6.42. The number of carbonyl (C=O) groups is 1. The summed E-state index contributed by atoms with van der Waals surface area (Å²) in [6, 6.07) is 16.3. The molecule has 4 aromatic rings. The number of aryl methyl sites for hydroxylation is 2. The molecule has 184 valence electrons. The molecule has 3 heterocycles. The molecule has 1 aliphatic carbocycles. The Morgan fingerprint density at radius 2 is 1.69 bits per heavy atom. The van der Waals surface area contributed by atoms with Crippen molar-refractivity contribution in [2.24, 2.45) is 0 Å². The maximum atomic E-state index is 14.0. The summed E-state index contributed by atoms with van der Waals surface area (Å²) in [5.41, 5.74) is 2.82. The highest BCUT2D eigenvalue weighted by molar-refractivity contribution is 7.19. The van der Waals surface area contributed by atoms with Crippen LogP contribution in [-0.4, -0.2) is 47.1 Å². The summed E-state index contributed by atoms with van der Waals surface area (Å²) >= 11 is 1.82. The first kappa shape index (κ1) is 22.9. The predicted octanol–water partition coefficient (Wildman–Crippen LogP) is 5.65. The van der Waals surface area contributed by atoms with Crippen LogP contribution in [0.15, 0.2) is 54.6 Å². The minimum Gasteiger partial charge on any atom is -0.352 e. The summed E-state index contributed by atoms with van der Waals surface area (Å²) in [6.45, 7) is 2.44. The Morgan fingerprint density at radius 3 is 2.50 bits per heavy atom. The van der Waals surface area contributed by atoms with Crippen LogP contribution in [0.2, 0.25) is 0 Å². The maximum Gasteiger partial charge on any atom is 0.322 e. The number of nitrogens with zero attached hydrogens (tertiary/aromatic N) is 4. The molecular weight excluding hydrogens is 473 g/mol. The smallest absolute Gasteiger partial charge is 0.322 e. The van der Waals surface area contributed by atoms with E-state index in [-0.39, 0.29) is 11.7 Å². The van der Waals surface area contributed by atoms with Crippen molar-refractivity contribution < 1.29 is 9.18 Å². The van der Waals surface area contributed by atoms with Crippen molar-refractivity contribution in [2.45, 2.75) is 32.1 Å². The van der Waals surface area contributed by atoms with Gasteiger partial charge in [0.25, 0.3) is 0 Å². The van der Waals surface area contributed by atoms with Gasteiger partial charge in [-0.25, -0.2) is 19.2 Å². The zero-order valence-corrected chi connectivity index (χ0v) is 20.9. The van der Waals surface area contributed by atoms with Crippen LogP contribution < -0.4 is 10.2 Å². The van der Waals surface area contributed by atoms with Crippen LogP contribution in [0.5, 0.6) is 0 Å². The minimum atomic E-state index is -0.430. The van der Waals surface area contributed by atoms with Crippen molar-refractivity contribution in [3.8, 4) is 0 Å². The van der Waals surface area contributed by atoms with Crippen LogP contribution in [0.4, 0.5) is 20.7 Å². The van der Waals surface area contributed by atoms with Crippen molar-refractivity contribution in [3.63, 3.8) is 0 Å². The van der Waals surface area contributed by atoms with Gasteiger partial charge in [0.2, 0.25) is 0 Å². The van der Waals surface area contributed by atoms with E-state index in [1.54, 1.807) is 23.1 Å². The number of hydrogen-bond acceptors (Lipinski definition) is 5. The molecule has 6 nitrogen and oxygen atoms in total. The lowest BCUT2D eigenvalue weighted by molar-refractivity contribution is 0.208. The Hall–Kier alpha value is -3.52. The Bertz CT molecular complexity index is 1400. The third-order valence-electron chi connectivity index (χ3n) is 7.03. The SMILES string of the molecule is O=C(Nc1ccccc1F)N1CCN(c2nc(Cc3ccccc3)nc3sc4c(c23)CCCC4)CC1. The van der Waals surface area contributed by atoms with Crippen molar-refractivity contribution >= 4 is 39.1 Å². The first-order valence-corrected chi connectivity index (χ1v) is 13.4. The molecule has 1 fully saturated rings. The van der Waals surface area contributed by atoms with E-state index < -0.39 is 5.82 Å². The summed E-state index contributed by atoms with van der Waals surface area (Å²) < 4.78 is 14.0. The number of thiophene rings is 1. The molecule has 2 amide bonds. The standard InChI is InChI=1S/C28H28FN5OS/c29-21-11-5-6-12-22(21)30-28(35)34-16-14-33(15-17-34)26-25-20-10-4-7-13-23(20)36-27(25)32-24(31-26)18-19-8-2-1-3-9-19/h1-3,5-6,8-9,11-12H,4,7,10,13-18H2,(H,30,35). The monoisotopic (exact) mass is 501 g/mol. The number of halogens is 1. The molecule has 1 N–H and O–H groups in total. The van der Waals surface area contributed by atoms with Crippen molar-refractivity contribution in [3.05, 3.63) is 82.2 Å². The molecule has 0 radical (unpaired) electrons. The summed E-state index contributed by atoms with van der Waals surface area (Å²) in [5.74, 6) is 1.41. The van der Waals surface area contributed by atoms with Crippen LogP contribution >= 0.6 is 11.3 Å². The van der Waals surface area contributed by atoms with Crippen LogP contribution in [-0.2, 0) is 19.3 Å². The summed E-state index contributed by atoms with van der Waals surface area (Å²) in [5, 5.41) is 3.91. The average molecular weight is 502 g/mol. The number of fused-ring (bicyclic) bond motifs is 3. The highest BCUT2D eigenvalue weighted by Crippen LogP contribution is 2.40. The topological polar surface area (TPSA) is 61.4 Å². The van der Waals surface area contributed by atoms with Gasteiger partial charge in [0, 0.05) is 37.5 Å². The van der Waals surface area contributed by atoms with Gasteiger partial charge in [-0.05, 0) is 48.9 Å². The van der Waals surface area contributed by atoms with Gasteiger partial charge in [0.1, 0.15) is 22.3 Å². The zero-order chi connectivity index (χ0) is 24.5. The second-order valence-corrected chi connectivity index (χ2v) is 10.5. The second kappa shape index (κ2) is 9.85. The van der Waals surface area contributed by atoms with Crippen LogP contribution in [0.25, 0.3) is 10.2 Å². The van der Waals surface area contributed by atoms with Crippen molar-refractivity contribution in [2.75, 3.05) is 36.4 Å². The lowest BCUT2D eigenvalue weighted by Gasteiger charge is -2.36. The molecule has 0 saturated carbocycles. The number of anilines is 2. The number of piperazine rings is 1. The third-order valence-corrected chi connectivity index (χ3v) is 8.21. The minimum absolute atomic E-state index is 0.206. The van der Waals surface area contributed by atoms with E-state index in [9.17, 15) is 9.18 Å². The average Bonchev–Trinajstić information content (AvgIpc) is 3.29. The number of nitrogens with one attached hydrogen (secondary N) is 1. The van der Waals surface area contributed by atoms with E-state index in [0.29, 0.717) is 32.6 Å². The van der Waals surface area contributed by atoms with Gasteiger partial charge >= 0.3 is 6.03 Å². The fraction of sp³-hybridized carbons (Fsp3) is 0.321. The molecule has 1 saturated heterocycles. The van der Waals surface area contributed by atoms with Gasteiger partial charge in [-0.3, -0.25) is 0 Å². The maximum absolute atomic E-state index is 14.0. The quantitative estimate of drug-likeness (QED) is 0.392. The molecule has 6 rings (SSSR count). The normalized spacial score (nSPS) is 15.7. The number of carbonyl (C=O) groups excluding carboxylic acids is 1. The number of hydrogen-bond donors (Lipinski definition) is 1. The predicted molar refractivity (Wildman–Crippen MR) is 143 cm³/mol. The van der Waals surface area contributed by atoms with E-state index in [0.717, 1.165) is 29.3 Å². The molecule has 36 heavy (non-hydrogen) atoms. The van der Waals surface area contributed by atoms with E-state index in [1.807, 2.05) is 29.5 Å². The Labute approximate surface area is 213 Å². The first-order chi connectivity index (χ1) is 17.7. The number of aromatic nitrogens is 2. The van der Waals surface area contributed by atoms with Crippen LogP contribution in [0.1, 0.15) is 34.7 Å². The van der Waals surface area contributed by atoms with Gasteiger partial charge in [-0.1, -0.05) is 42.5 Å². The number of benzene rings is 2. The number of amides is 2.